The highest BCUT2D eigenvalue weighted by Crippen LogP contribution is 2.24. The Bertz CT molecular complexity index is 439. The van der Waals surface area contributed by atoms with E-state index in [1.165, 1.54) is 0 Å². The van der Waals surface area contributed by atoms with Crippen LogP contribution in [0, 0.1) is 0 Å². The second-order valence-electron chi connectivity index (χ2n) is 2.90. The van der Waals surface area contributed by atoms with E-state index in [-0.39, 0.29) is 0 Å². The van der Waals surface area contributed by atoms with Gasteiger partial charge in [0.05, 0.1) is 4.90 Å². The molecule has 0 aromatic heterocycles. The lowest BCUT2D eigenvalue weighted by Gasteiger charge is -2.01. The van der Waals surface area contributed by atoms with Gasteiger partial charge in [-0.15, -0.1) is 0 Å². The lowest BCUT2D eigenvalue weighted by molar-refractivity contribution is 0.589. The number of anilines is 1. The fraction of sp³-hybridized carbons (Fsp3) is 0.250. The normalized spacial score (nSPS) is 18.2. The van der Waals surface area contributed by atoms with Crippen molar-refractivity contribution < 1.29 is 8.42 Å². The molecule has 1 aliphatic rings. The Morgan fingerprint density at radius 2 is 2.23 bits per heavy atom. The minimum Gasteiger partial charge on any atom is -0.388 e. The fourth-order valence-electron chi connectivity index (χ4n) is 1.39. The summed E-state index contributed by atoms with van der Waals surface area (Å²) in [6.07, 6.45) is 0. The Morgan fingerprint density at radius 3 is 2.92 bits per heavy atom. The van der Waals surface area contributed by atoms with E-state index >= 15 is 0 Å². The van der Waals surface area contributed by atoms with Gasteiger partial charge in [-0.2, -0.15) is 0 Å². The number of benzene rings is 1. The summed E-state index contributed by atoms with van der Waals surface area (Å²) in [6, 6.07) is 5.22. The van der Waals surface area contributed by atoms with Crippen LogP contribution in [0.1, 0.15) is 5.56 Å². The SMILES string of the molecule is CNc1ccc2c(c1)CNS2(=O)=O. The second-order valence-corrected chi connectivity index (χ2v) is 4.63. The van der Waals surface area contributed by atoms with E-state index < -0.39 is 10.0 Å². The summed E-state index contributed by atoms with van der Waals surface area (Å²) in [5.41, 5.74) is 1.75. The van der Waals surface area contributed by atoms with Crippen LogP contribution in [0.4, 0.5) is 5.69 Å². The maximum Gasteiger partial charge on any atom is 0.241 e. The van der Waals surface area contributed by atoms with Crippen molar-refractivity contribution in [1.82, 2.24) is 4.72 Å². The first-order valence-corrected chi connectivity index (χ1v) is 5.42. The number of fused-ring (bicyclic) bond motifs is 1. The van der Waals surface area contributed by atoms with Gasteiger partial charge < -0.3 is 5.32 Å². The second kappa shape index (κ2) is 2.71. The molecule has 1 aromatic carbocycles. The molecule has 0 saturated carbocycles. The predicted molar refractivity (Wildman–Crippen MR) is 50.0 cm³/mol. The van der Waals surface area contributed by atoms with Gasteiger partial charge in [0.1, 0.15) is 0 Å². The van der Waals surface area contributed by atoms with Crippen molar-refractivity contribution in [3.05, 3.63) is 23.8 Å². The topological polar surface area (TPSA) is 58.2 Å². The van der Waals surface area contributed by atoms with Crippen LogP contribution in [-0.4, -0.2) is 15.5 Å². The summed E-state index contributed by atoms with van der Waals surface area (Å²) < 4.78 is 25.1. The average molecular weight is 198 g/mol. The van der Waals surface area contributed by atoms with Crippen LogP contribution in [0.25, 0.3) is 0 Å². The Hall–Kier alpha value is -1.07. The van der Waals surface area contributed by atoms with Crippen LogP contribution < -0.4 is 10.0 Å². The Labute approximate surface area is 77.0 Å². The van der Waals surface area contributed by atoms with Gasteiger partial charge in [0.15, 0.2) is 0 Å². The summed E-state index contributed by atoms with van der Waals surface area (Å²) >= 11 is 0. The Morgan fingerprint density at radius 1 is 1.46 bits per heavy atom. The molecule has 5 heteroatoms. The molecule has 0 saturated heterocycles. The summed E-state index contributed by atoms with van der Waals surface area (Å²) in [6.45, 7) is 0.396. The monoisotopic (exact) mass is 198 g/mol. The molecule has 1 aromatic rings. The van der Waals surface area contributed by atoms with E-state index in [0.29, 0.717) is 11.4 Å². The summed E-state index contributed by atoms with van der Waals surface area (Å²) in [7, 11) is -1.40. The molecule has 70 valence electrons. The highest BCUT2D eigenvalue weighted by molar-refractivity contribution is 7.89. The molecule has 2 rings (SSSR count). The standard InChI is InChI=1S/C8H10N2O2S/c1-9-7-2-3-8-6(4-7)5-10-13(8,11)12/h2-4,9-10H,5H2,1H3. The highest BCUT2D eigenvalue weighted by atomic mass is 32.2. The van der Waals surface area contributed by atoms with Gasteiger partial charge in [0.2, 0.25) is 10.0 Å². The van der Waals surface area contributed by atoms with E-state index in [1.54, 1.807) is 19.2 Å². The van der Waals surface area contributed by atoms with Crippen molar-refractivity contribution in [2.24, 2.45) is 0 Å². The van der Waals surface area contributed by atoms with E-state index in [9.17, 15) is 8.42 Å². The van der Waals surface area contributed by atoms with E-state index in [4.69, 9.17) is 0 Å². The first-order chi connectivity index (χ1) is 6.13. The van der Waals surface area contributed by atoms with Crippen LogP contribution in [0.15, 0.2) is 23.1 Å². The highest BCUT2D eigenvalue weighted by Gasteiger charge is 2.24. The first-order valence-electron chi connectivity index (χ1n) is 3.94. The smallest absolute Gasteiger partial charge is 0.241 e. The van der Waals surface area contributed by atoms with Crippen molar-refractivity contribution in [3.63, 3.8) is 0 Å². The van der Waals surface area contributed by atoms with Gasteiger partial charge in [-0.1, -0.05) is 0 Å². The molecule has 0 fully saturated rings. The lowest BCUT2D eigenvalue weighted by atomic mass is 10.2. The van der Waals surface area contributed by atoms with E-state index in [2.05, 4.69) is 10.0 Å². The number of rotatable bonds is 1. The Balaban J connectivity index is 2.59. The molecular weight excluding hydrogens is 188 g/mol. The van der Waals surface area contributed by atoms with Gasteiger partial charge in [0, 0.05) is 19.3 Å². The van der Waals surface area contributed by atoms with Crippen LogP contribution in [0.5, 0.6) is 0 Å². The van der Waals surface area contributed by atoms with Crippen molar-refractivity contribution in [2.45, 2.75) is 11.4 Å². The number of hydrogen-bond donors (Lipinski definition) is 2. The molecule has 4 nitrogen and oxygen atoms in total. The zero-order valence-corrected chi connectivity index (χ0v) is 7.98. The number of sulfonamides is 1. The molecule has 0 aliphatic carbocycles. The molecule has 0 radical (unpaired) electrons. The van der Waals surface area contributed by atoms with Crippen LogP contribution in [0.2, 0.25) is 0 Å². The average Bonchev–Trinajstić information content (AvgIpc) is 2.42. The van der Waals surface area contributed by atoms with Gasteiger partial charge in [-0.25, -0.2) is 13.1 Å². The van der Waals surface area contributed by atoms with E-state index in [1.807, 2.05) is 6.07 Å². The lowest BCUT2D eigenvalue weighted by Crippen LogP contribution is -2.13. The van der Waals surface area contributed by atoms with E-state index in [0.717, 1.165) is 11.3 Å². The molecule has 1 heterocycles. The van der Waals surface area contributed by atoms with Crippen molar-refractivity contribution in [1.29, 1.82) is 0 Å². The number of nitrogens with one attached hydrogen (secondary N) is 2. The van der Waals surface area contributed by atoms with Gasteiger partial charge >= 0.3 is 0 Å². The quantitative estimate of drug-likeness (QED) is 0.691. The summed E-state index contributed by atoms with van der Waals surface area (Å²) in [4.78, 5) is 0.395. The molecule has 1 aliphatic heterocycles. The fourth-order valence-corrected chi connectivity index (χ4v) is 2.61. The number of hydrogen-bond acceptors (Lipinski definition) is 3. The zero-order chi connectivity index (χ0) is 9.47. The minimum atomic E-state index is -3.21. The Kier molecular flexibility index (Phi) is 1.78. The third-order valence-corrected chi connectivity index (χ3v) is 3.59. The van der Waals surface area contributed by atoms with Gasteiger partial charge in [0.25, 0.3) is 0 Å². The molecule has 0 atom stereocenters. The minimum absolute atomic E-state index is 0.395. The third-order valence-electron chi connectivity index (χ3n) is 2.09. The van der Waals surface area contributed by atoms with Crippen molar-refractivity contribution >= 4 is 15.7 Å². The molecular formula is C8H10N2O2S. The maximum atomic E-state index is 11.3. The predicted octanol–water partition coefficient (Wildman–Crippen LogP) is 0.520. The maximum absolute atomic E-state index is 11.3. The first kappa shape index (κ1) is 8.52. The molecule has 0 spiro atoms. The molecule has 0 bridgehead atoms. The van der Waals surface area contributed by atoms with Crippen LogP contribution in [-0.2, 0) is 16.6 Å². The summed E-state index contributed by atoms with van der Waals surface area (Å²) in [5.74, 6) is 0. The largest absolute Gasteiger partial charge is 0.388 e. The van der Waals surface area contributed by atoms with Crippen molar-refractivity contribution in [2.75, 3.05) is 12.4 Å². The third kappa shape index (κ3) is 1.30. The van der Waals surface area contributed by atoms with Crippen molar-refractivity contribution in [3.8, 4) is 0 Å². The zero-order valence-electron chi connectivity index (χ0n) is 7.16. The van der Waals surface area contributed by atoms with Crippen LogP contribution in [0.3, 0.4) is 0 Å². The molecule has 0 unspecified atom stereocenters. The van der Waals surface area contributed by atoms with Crippen LogP contribution >= 0.6 is 0 Å². The molecule has 0 amide bonds. The summed E-state index contributed by atoms with van der Waals surface area (Å²) in [5, 5.41) is 2.96. The molecule has 2 N–H and O–H groups in total. The van der Waals surface area contributed by atoms with Gasteiger partial charge in [-0.3, -0.25) is 0 Å². The molecule has 13 heavy (non-hydrogen) atoms. The van der Waals surface area contributed by atoms with Gasteiger partial charge in [-0.05, 0) is 23.8 Å².